The third kappa shape index (κ3) is 2.12. The van der Waals surface area contributed by atoms with E-state index in [4.69, 9.17) is 0 Å². The summed E-state index contributed by atoms with van der Waals surface area (Å²) in [5, 5.41) is 14.6. The Labute approximate surface area is 138 Å². The molecule has 7 heteroatoms. The Hall–Kier alpha value is -2.67. The van der Waals surface area contributed by atoms with E-state index in [1.54, 1.807) is 6.07 Å². The van der Waals surface area contributed by atoms with Crippen LogP contribution in [-0.4, -0.2) is 15.8 Å². The van der Waals surface area contributed by atoms with Gasteiger partial charge in [-0.1, -0.05) is 22.0 Å². The summed E-state index contributed by atoms with van der Waals surface area (Å²) in [5.41, 5.74) is 3.93. The molecule has 0 saturated carbocycles. The van der Waals surface area contributed by atoms with Gasteiger partial charge in [-0.25, -0.2) is 0 Å². The number of nitro groups is 1. The summed E-state index contributed by atoms with van der Waals surface area (Å²) in [6.07, 6.45) is 0.164. The van der Waals surface area contributed by atoms with Crippen LogP contribution in [0.5, 0.6) is 0 Å². The lowest BCUT2D eigenvalue weighted by Crippen LogP contribution is -2.12. The number of aromatic nitrogens is 1. The Kier molecular flexibility index (Phi) is 2.99. The number of non-ortho nitro benzene ring substituents is 1. The number of carbonyl (C=O) groups is 1. The number of carbonyl (C=O) groups excluding carboxylic acids is 1. The molecule has 114 valence electrons. The second-order valence-electron chi connectivity index (χ2n) is 5.35. The number of hydrogen-bond donors (Lipinski definition) is 2. The van der Waals surface area contributed by atoms with Gasteiger partial charge in [0.15, 0.2) is 0 Å². The maximum atomic E-state index is 12.2. The van der Waals surface area contributed by atoms with E-state index in [-0.39, 0.29) is 18.0 Å². The molecular weight excluding hydrogens is 362 g/mol. The van der Waals surface area contributed by atoms with Crippen LogP contribution in [0.25, 0.3) is 22.2 Å². The van der Waals surface area contributed by atoms with Crippen molar-refractivity contribution in [1.82, 2.24) is 4.98 Å². The Morgan fingerprint density at radius 3 is 2.83 bits per heavy atom. The summed E-state index contributed by atoms with van der Waals surface area (Å²) in [6.45, 7) is 0. The number of hydrogen-bond acceptors (Lipinski definition) is 3. The summed E-state index contributed by atoms with van der Waals surface area (Å²) >= 11 is 3.52. The molecular formula is C16H10BrN3O3. The van der Waals surface area contributed by atoms with E-state index in [2.05, 4.69) is 26.2 Å². The predicted molar refractivity (Wildman–Crippen MR) is 90.4 cm³/mol. The zero-order valence-corrected chi connectivity index (χ0v) is 13.3. The van der Waals surface area contributed by atoms with Crippen LogP contribution in [0.1, 0.15) is 5.56 Å². The number of amides is 1. The van der Waals surface area contributed by atoms with E-state index >= 15 is 0 Å². The number of H-pyrrole nitrogens is 1. The van der Waals surface area contributed by atoms with Crippen LogP contribution in [0.15, 0.2) is 40.9 Å². The lowest BCUT2D eigenvalue weighted by Gasteiger charge is -2.08. The minimum atomic E-state index is -0.431. The molecule has 2 heterocycles. The number of nitrogens with one attached hydrogen (secondary N) is 2. The number of benzene rings is 2. The van der Waals surface area contributed by atoms with Crippen molar-refractivity contribution >= 4 is 44.1 Å². The Bertz CT molecular complexity index is 994. The topological polar surface area (TPSA) is 88.0 Å². The van der Waals surface area contributed by atoms with Crippen molar-refractivity contribution in [2.45, 2.75) is 6.42 Å². The van der Waals surface area contributed by atoms with E-state index in [0.717, 1.165) is 26.8 Å². The number of nitrogens with zero attached hydrogens (tertiary/aromatic N) is 1. The van der Waals surface area contributed by atoms with Gasteiger partial charge >= 0.3 is 0 Å². The SMILES string of the molecule is O=C1Cc2c([nH]c3ccc([N+](=O)[O-])cc23)-c2c(Br)cccc2N1. The highest BCUT2D eigenvalue weighted by molar-refractivity contribution is 9.10. The van der Waals surface area contributed by atoms with Crippen molar-refractivity contribution in [3.63, 3.8) is 0 Å². The van der Waals surface area contributed by atoms with E-state index in [0.29, 0.717) is 11.1 Å². The first-order valence-corrected chi connectivity index (χ1v) is 7.71. The molecule has 2 aromatic carbocycles. The minimum Gasteiger partial charge on any atom is -0.354 e. The average Bonchev–Trinajstić information content (AvgIpc) is 2.77. The molecule has 0 bridgehead atoms. The zero-order chi connectivity index (χ0) is 16.1. The van der Waals surface area contributed by atoms with Gasteiger partial charge in [0, 0.05) is 33.1 Å². The molecule has 0 unspecified atom stereocenters. The molecule has 1 aromatic heterocycles. The quantitative estimate of drug-likeness (QED) is 0.500. The first-order chi connectivity index (χ1) is 11.0. The van der Waals surface area contributed by atoms with Gasteiger partial charge in [0.25, 0.3) is 5.69 Å². The monoisotopic (exact) mass is 371 g/mol. The highest BCUT2D eigenvalue weighted by atomic mass is 79.9. The molecule has 0 atom stereocenters. The van der Waals surface area contributed by atoms with Crippen molar-refractivity contribution in [2.75, 3.05) is 5.32 Å². The van der Waals surface area contributed by atoms with Gasteiger partial charge < -0.3 is 10.3 Å². The standard InChI is InChI=1S/C16H10BrN3O3/c17-11-2-1-3-13-15(11)16-10(7-14(21)18-13)9-6-8(20(22)23)4-5-12(9)19-16/h1-6,19H,7H2,(H,18,21). The summed E-state index contributed by atoms with van der Waals surface area (Å²) in [7, 11) is 0. The van der Waals surface area contributed by atoms with Crippen LogP contribution in [0, 0.1) is 10.1 Å². The fraction of sp³-hybridized carbons (Fsp3) is 0.0625. The van der Waals surface area contributed by atoms with E-state index in [1.807, 2.05) is 18.2 Å². The van der Waals surface area contributed by atoms with Crippen LogP contribution in [0.2, 0.25) is 0 Å². The summed E-state index contributed by atoms with van der Waals surface area (Å²) in [4.78, 5) is 26.1. The second kappa shape index (κ2) is 4.92. The van der Waals surface area contributed by atoms with Gasteiger partial charge in [-0.15, -0.1) is 0 Å². The smallest absolute Gasteiger partial charge is 0.270 e. The van der Waals surface area contributed by atoms with Gasteiger partial charge in [0.2, 0.25) is 5.91 Å². The zero-order valence-electron chi connectivity index (χ0n) is 11.7. The number of anilines is 1. The van der Waals surface area contributed by atoms with Crippen molar-refractivity contribution in [3.05, 3.63) is 56.5 Å². The van der Waals surface area contributed by atoms with Gasteiger partial charge in [0.1, 0.15) is 0 Å². The molecule has 23 heavy (non-hydrogen) atoms. The molecule has 3 aromatic rings. The molecule has 0 spiro atoms. The van der Waals surface area contributed by atoms with E-state index in [9.17, 15) is 14.9 Å². The van der Waals surface area contributed by atoms with Gasteiger partial charge in [-0.3, -0.25) is 14.9 Å². The molecule has 0 radical (unpaired) electrons. The molecule has 6 nitrogen and oxygen atoms in total. The van der Waals surface area contributed by atoms with Gasteiger partial charge in [-0.2, -0.15) is 0 Å². The summed E-state index contributed by atoms with van der Waals surface area (Å²) in [6, 6.07) is 10.2. The van der Waals surface area contributed by atoms with Gasteiger partial charge in [0.05, 0.1) is 22.7 Å². The van der Waals surface area contributed by atoms with Gasteiger partial charge in [-0.05, 0) is 23.8 Å². The van der Waals surface area contributed by atoms with Crippen LogP contribution >= 0.6 is 15.9 Å². The molecule has 1 aliphatic heterocycles. The highest BCUT2D eigenvalue weighted by Gasteiger charge is 2.25. The van der Waals surface area contributed by atoms with E-state index < -0.39 is 4.92 Å². The third-order valence-corrected chi connectivity index (χ3v) is 4.64. The number of rotatable bonds is 1. The molecule has 1 amide bonds. The fourth-order valence-corrected chi connectivity index (χ4v) is 3.55. The molecule has 4 rings (SSSR count). The minimum absolute atomic E-state index is 0.0105. The first kappa shape index (κ1) is 14.0. The maximum Gasteiger partial charge on any atom is 0.270 e. The average molecular weight is 372 g/mol. The van der Waals surface area contributed by atoms with Crippen molar-refractivity contribution in [1.29, 1.82) is 0 Å². The molecule has 0 aliphatic carbocycles. The Morgan fingerprint density at radius 2 is 2.04 bits per heavy atom. The highest BCUT2D eigenvalue weighted by Crippen LogP contribution is 2.41. The Morgan fingerprint density at radius 1 is 1.22 bits per heavy atom. The first-order valence-electron chi connectivity index (χ1n) is 6.92. The normalized spacial score (nSPS) is 13.2. The number of aromatic amines is 1. The largest absolute Gasteiger partial charge is 0.354 e. The Balaban J connectivity index is 2.08. The lowest BCUT2D eigenvalue weighted by molar-refractivity contribution is -0.384. The number of nitro benzene ring substituents is 1. The van der Waals surface area contributed by atoms with Crippen LogP contribution in [0.4, 0.5) is 11.4 Å². The van der Waals surface area contributed by atoms with Crippen LogP contribution in [-0.2, 0) is 11.2 Å². The third-order valence-electron chi connectivity index (χ3n) is 3.98. The fourth-order valence-electron chi connectivity index (χ4n) is 2.98. The van der Waals surface area contributed by atoms with Crippen LogP contribution in [0.3, 0.4) is 0 Å². The maximum absolute atomic E-state index is 12.2. The van der Waals surface area contributed by atoms with Crippen molar-refractivity contribution in [2.24, 2.45) is 0 Å². The number of fused-ring (bicyclic) bond motifs is 5. The van der Waals surface area contributed by atoms with E-state index in [1.165, 1.54) is 12.1 Å². The predicted octanol–water partition coefficient (Wildman–Crippen LogP) is 4.00. The second-order valence-corrected chi connectivity index (χ2v) is 6.21. The lowest BCUT2D eigenvalue weighted by atomic mass is 10.0. The van der Waals surface area contributed by atoms with Crippen LogP contribution < -0.4 is 5.32 Å². The molecule has 1 aliphatic rings. The molecule has 0 fully saturated rings. The van der Waals surface area contributed by atoms with Crippen molar-refractivity contribution in [3.8, 4) is 11.3 Å². The summed E-state index contributed by atoms with van der Waals surface area (Å²) in [5.74, 6) is -0.143. The van der Waals surface area contributed by atoms with Crippen molar-refractivity contribution < 1.29 is 9.72 Å². The molecule has 0 saturated heterocycles. The number of halogens is 1. The summed E-state index contributed by atoms with van der Waals surface area (Å²) < 4.78 is 0.847. The molecule has 2 N–H and O–H groups in total.